The number of hydrogen-bond donors (Lipinski definition) is 0. The zero-order chi connectivity index (χ0) is 19.7. The van der Waals surface area contributed by atoms with E-state index in [0.29, 0.717) is 34.3 Å². The molecule has 2 aliphatic carbocycles. The molecule has 0 spiro atoms. The molecule has 1 aromatic heterocycles. The van der Waals surface area contributed by atoms with Crippen molar-refractivity contribution in [1.29, 1.82) is 0 Å². The summed E-state index contributed by atoms with van der Waals surface area (Å²) in [6, 6.07) is 13.1. The van der Waals surface area contributed by atoms with Crippen LogP contribution in [0.2, 0.25) is 0 Å². The number of allylic oxidation sites excluding steroid dienone is 2. The van der Waals surface area contributed by atoms with Gasteiger partial charge in [0.25, 0.3) is 0 Å². The predicted molar refractivity (Wildman–Crippen MR) is 105 cm³/mol. The number of pyridine rings is 1. The van der Waals surface area contributed by atoms with Crippen molar-refractivity contribution in [3.8, 4) is 11.1 Å². The van der Waals surface area contributed by atoms with Gasteiger partial charge in [0.15, 0.2) is 11.6 Å². The number of Topliss-reactive ketones (excluding diaryl/α,β-unsaturated/α-hetero) is 2. The molecule has 2 heterocycles. The molecular formula is C24H13NO4. The van der Waals surface area contributed by atoms with E-state index in [1.54, 1.807) is 12.1 Å². The number of benzene rings is 2. The molecular weight excluding hydrogens is 366 g/mol. The highest BCUT2D eigenvalue weighted by Crippen LogP contribution is 2.42. The van der Waals surface area contributed by atoms with Gasteiger partial charge in [-0.15, -0.1) is 0 Å². The molecule has 6 rings (SSSR count). The lowest BCUT2D eigenvalue weighted by molar-refractivity contribution is 0.0535. The zero-order valence-electron chi connectivity index (χ0n) is 15.2. The monoisotopic (exact) mass is 379 g/mol. The maximum atomic E-state index is 13.1. The lowest BCUT2D eigenvalue weighted by Crippen LogP contribution is -2.19. The van der Waals surface area contributed by atoms with Crippen LogP contribution < -0.4 is 0 Å². The van der Waals surface area contributed by atoms with E-state index < -0.39 is 0 Å². The third-order valence-electron chi connectivity index (χ3n) is 5.88. The minimum absolute atomic E-state index is 0.0945. The van der Waals surface area contributed by atoms with Crippen LogP contribution in [0.25, 0.3) is 16.7 Å². The van der Waals surface area contributed by atoms with E-state index in [0.717, 1.165) is 27.8 Å². The minimum Gasteiger partial charge on any atom is -0.457 e. The maximum absolute atomic E-state index is 13.1. The molecule has 0 saturated carbocycles. The van der Waals surface area contributed by atoms with Gasteiger partial charge in [-0.2, -0.15) is 0 Å². The Hall–Kier alpha value is -3.86. The zero-order valence-corrected chi connectivity index (χ0v) is 15.2. The van der Waals surface area contributed by atoms with Crippen molar-refractivity contribution in [1.82, 2.24) is 4.98 Å². The average molecular weight is 379 g/mol. The molecule has 29 heavy (non-hydrogen) atoms. The van der Waals surface area contributed by atoms with E-state index in [1.807, 2.05) is 30.3 Å². The normalized spacial score (nSPS) is 16.3. The van der Waals surface area contributed by atoms with Crippen molar-refractivity contribution in [2.24, 2.45) is 0 Å². The number of ether oxygens (including phenoxy) is 1. The van der Waals surface area contributed by atoms with Crippen LogP contribution in [-0.2, 0) is 17.8 Å². The van der Waals surface area contributed by atoms with Gasteiger partial charge in [0.1, 0.15) is 6.61 Å². The van der Waals surface area contributed by atoms with Gasteiger partial charge in [-0.05, 0) is 46.5 Å². The summed E-state index contributed by atoms with van der Waals surface area (Å²) >= 11 is 0. The summed E-state index contributed by atoms with van der Waals surface area (Å²) < 4.78 is 5.08. The van der Waals surface area contributed by atoms with Gasteiger partial charge in [0.2, 0.25) is 0 Å². The molecule has 0 atom stereocenters. The van der Waals surface area contributed by atoms with Crippen LogP contribution in [0.15, 0.2) is 60.4 Å². The lowest BCUT2D eigenvalue weighted by atomic mass is 9.85. The molecule has 3 aliphatic rings. The predicted octanol–water partition coefficient (Wildman–Crippen LogP) is 3.81. The second-order valence-corrected chi connectivity index (χ2v) is 7.43. The first kappa shape index (κ1) is 16.1. The molecule has 0 fully saturated rings. The number of aromatic nitrogens is 1. The van der Waals surface area contributed by atoms with Crippen LogP contribution in [0.3, 0.4) is 0 Å². The quantitative estimate of drug-likeness (QED) is 0.601. The van der Waals surface area contributed by atoms with Crippen molar-refractivity contribution in [2.75, 3.05) is 0 Å². The Morgan fingerprint density at radius 3 is 2.48 bits per heavy atom. The first-order valence-electron chi connectivity index (χ1n) is 9.32. The fraction of sp³-hybridized carbons (Fsp3) is 0.0833. The Morgan fingerprint density at radius 1 is 0.759 bits per heavy atom. The molecule has 1 aliphatic heterocycles. The summed E-state index contributed by atoms with van der Waals surface area (Å²) in [5.74, 6) is -0.539. The molecule has 0 bridgehead atoms. The highest BCUT2D eigenvalue weighted by molar-refractivity contribution is 6.41. The van der Waals surface area contributed by atoms with Gasteiger partial charge >= 0.3 is 5.97 Å². The van der Waals surface area contributed by atoms with Gasteiger partial charge in [0.05, 0.1) is 11.1 Å². The first-order chi connectivity index (χ1) is 14.1. The van der Waals surface area contributed by atoms with Gasteiger partial charge in [-0.1, -0.05) is 18.2 Å². The minimum atomic E-state index is -0.297. The molecule has 3 aromatic rings. The SMILES string of the molecule is O=C1OCc2cc(-c3ccc4c(c3)C3=C(C4)C(=O)c4ccncc4C3=O)ccc21. The fourth-order valence-electron chi connectivity index (χ4n) is 4.42. The van der Waals surface area contributed by atoms with E-state index >= 15 is 0 Å². The number of cyclic esters (lactones) is 1. The Balaban J connectivity index is 1.48. The Morgan fingerprint density at radius 2 is 1.59 bits per heavy atom. The van der Waals surface area contributed by atoms with Gasteiger partial charge in [-0.25, -0.2) is 4.79 Å². The summed E-state index contributed by atoms with van der Waals surface area (Å²) in [6.45, 7) is 0.277. The van der Waals surface area contributed by atoms with Crippen molar-refractivity contribution in [3.63, 3.8) is 0 Å². The highest BCUT2D eigenvalue weighted by atomic mass is 16.5. The van der Waals surface area contributed by atoms with E-state index in [4.69, 9.17) is 4.74 Å². The van der Waals surface area contributed by atoms with Crippen LogP contribution >= 0.6 is 0 Å². The van der Waals surface area contributed by atoms with E-state index in [9.17, 15) is 14.4 Å². The lowest BCUT2D eigenvalue weighted by Gasteiger charge is -2.16. The Bertz CT molecular complexity index is 1330. The number of esters is 1. The Labute approximate surface area is 165 Å². The largest absolute Gasteiger partial charge is 0.457 e. The van der Waals surface area contributed by atoms with E-state index in [1.165, 1.54) is 12.4 Å². The molecule has 138 valence electrons. The third-order valence-corrected chi connectivity index (χ3v) is 5.88. The van der Waals surface area contributed by atoms with Crippen LogP contribution in [0.4, 0.5) is 0 Å². The number of ketones is 2. The number of nitrogens with zero attached hydrogens (tertiary/aromatic N) is 1. The molecule has 0 unspecified atom stereocenters. The molecule has 5 nitrogen and oxygen atoms in total. The Kier molecular flexibility index (Phi) is 3.10. The molecule has 0 N–H and O–H groups in total. The number of carbonyl (C=O) groups excluding carboxylic acids is 3. The molecule has 5 heteroatoms. The number of fused-ring (bicyclic) bond motifs is 4. The maximum Gasteiger partial charge on any atom is 0.338 e. The smallest absolute Gasteiger partial charge is 0.338 e. The second kappa shape index (κ2) is 5.58. The highest BCUT2D eigenvalue weighted by Gasteiger charge is 2.37. The van der Waals surface area contributed by atoms with E-state index in [2.05, 4.69) is 4.98 Å². The third kappa shape index (κ3) is 2.15. The molecule has 0 radical (unpaired) electrons. The van der Waals surface area contributed by atoms with Crippen LogP contribution in [0.1, 0.15) is 47.8 Å². The standard InChI is InChI=1S/C24H13NO4/c26-22-17-5-6-25-10-20(17)23(27)21-18-8-13(1-2-14(18)9-19(21)22)12-3-4-16-15(7-12)11-29-24(16)28/h1-8,10H,9,11H2. The topological polar surface area (TPSA) is 73.3 Å². The molecule has 0 amide bonds. The van der Waals surface area contributed by atoms with Crippen molar-refractivity contribution in [3.05, 3.63) is 93.8 Å². The van der Waals surface area contributed by atoms with Crippen LogP contribution in [-0.4, -0.2) is 22.5 Å². The van der Waals surface area contributed by atoms with Gasteiger partial charge in [0, 0.05) is 41.1 Å². The van der Waals surface area contributed by atoms with Gasteiger partial charge < -0.3 is 4.74 Å². The number of carbonyl (C=O) groups is 3. The summed E-state index contributed by atoms with van der Waals surface area (Å²) in [5.41, 5.74) is 6.95. The molecule has 0 saturated heterocycles. The summed E-state index contributed by atoms with van der Waals surface area (Å²) in [5, 5.41) is 0. The van der Waals surface area contributed by atoms with E-state index in [-0.39, 0.29) is 24.1 Å². The first-order valence-corrected chi connectivity index (χ1v) is 9.32. The average Bonchev–Trinajstić information content (AvgIpc) is 3.32. The van der Waals surface area contributed by atoms with Crippen molar-refractivity contribution >= 4 is 23.1 Å². The van der Waals surface area contributed by atoms with Crippen molar-refractivity contribution in [2.45, 2.75) is 13.0 Å². The van der Waals surface area contributed by atoms with Gasteiger partial charge in [-0.3, -0.25) is 14.6 Å². The summed E-state index contributed by atoms with van der Waals surface area (Å²) in [6.07, 6.45) is 3.47. The molecule has 2 aromatic carbocycles. The summed E-state index contributed by atoms with van der Waals surface area (Å²) in [7, 11) is 0. The van der Waals surface area contributed by atoms with Crippen molar-refractivity contribution < 1.29 is 19.1 Å². The van der Waals surface area contributed by atoms with Crippen LogP contribution in [0.5, 0.6) is 0 Å². The van der Waals surface area contributed by atoms with Crippen LogP contribution in [0, 0.1) is 0 Å². The summed E-state index contributed by atoms with van der Waals surface area (Å²) in [4.78, 5) is 41.8. The number of hydrogen-bond acceptors (Lipinski definition) is 5. The number of rotatable bonds is 1. The fourth-order valence-corrected chi connectivity index (χ4v) is 4.42. The second-order valence-electron chi connectivity index (χ2n) is 7.43.